The van der Waals surface area contributed by atoms with E-state index in [9.17, 15) is 4.79 Å². The van der Waals surface area contributed by atoms with Crippen LogP contribution in [-0.4, -0.2) is 21.5 Å². The molecule has 2 heterocycles. The third kappa shape index (κ3) is 1.95. The average Bonchev–Trinajstić information content (AvgIpc) is 2.70. The fourth-order valence-electron chi connectivity index (χ4n) is 2.10. The number of hydrogen-bond donors (Lipinski definition) is 2. The second-order valence-electron chi connectivity index (χ2n) is 4.57. The summed E-state index contributed by atoms with van der Waals surface area (Å²) >= 11 is 0. The van der Waals surface area contributed by atoms with Gasteiger partial charge in [0.1, 0.15) is 0 Å². The molecule has 1 aliphatic rings. The third-order valence-electron chi connectivity index (χ3n) is 3.02. The third-order valence-corrected chi connectivity index (χ3v) is 3.02. The van der Waals surface area contributed by atoms with Gasteiger partial charge in [-0.05, 0) is 20.3 Å². The van der Waals surface area contributed by atoms with Gasteiger partial charge in [0.25, 0.3) is 0 Å². The van der Waals surface area contributed by atoms with Gasteiger partial charge in [-0.2, -0.15) is 0 Å². The Morgan fingerprint density at radius 2 is 2.38 bits per heavy atom. The molecule has 0 bridgehead atoms. The van der Waals surface area contributed by atoms with E-state index in [0.717, 1.165) is 12.1 Å². The van der Waals surface area contributed by atoms with Crippen molar-refractivity contribution >= 4 is 5.91 Å². The molecule has 1 aliphatic heterocycles. The average molecular weight is 222 g/mol. The molecule has 1 saturated heterocycles. The van der Waals surface area contributed by atoms with Gasteiger partial charge in [-0.1, -0.05) is 0 Å². The van der Waals surface area contributed by atoms with Crippen LogP contribution in [0.4, 0.5) is 0 Å². The van der Waals surface area contributed by atoms with E-state index >= 15 is 0 Å². The number of piperidine rings is 1. The zero-order valence-electron chi connectivity index (χ0n) is 9.68. The van der Waals surface area contributed by atoms with Gasteiger partial charge in [0.05, 0.1) is 24.3 Å². The maximum Gasteiger partial charge on any atom is 0.220 e. The lowest BCUT2D eigenvalue weighted by Gasteiger charge is -2.30. The fraction of sp³-hybridized carbons (Fsp3) is 0.636. The van der Waals surface area contributed by atoms with Gasteiger partial charge in [-0.3, -0.25) is 4.79 Å². The molecule has 5 heteroatoms. The molecule has 1 aromatic heterocycles. The predicted molar refractivity (Wildman–Crippen MR) is 60.7 cm³/mol. The molecule has 0 spiro atoms. The quantitative estimate of drug-likeness (QED) is 0.775. The van der Waals surface area contributed by atoms with Crippen molar-refractivity contribution in [2.45, 2.75) is 44.8 Å². The van der Waals surface area contributed by atoms with Crippen LogP contribution < -0.4 is 11.1 Å². The maximum atomic E-state index is 11.4. The number of nitrogens with zero attached hydrogens (tertiary/aromatic N) is 2. The topological polar surface area (TPSA) is 72.9 Å². The first kappa shape index (κ1) is 11.1. The normalized spacial score (nSPS) is 25.9. The van der Waals surface area contributed by atoms with Crippen LogP contribution in [0.25, 0.3) is 0 Å². The first-order chi connectivity index (χ1) is 7.59. The van der Waals surface area contributed by atoms with Crippen molar-refractivity contribution in [3.63, 3.8) is 0 Å². The van der Waals surface area contributed by atoms with E-state index in [1.165, 1.54) is 0 Å². The van der Waals surface area contributed by atoms with Gasteiger partial charge in [-0.15, -0.1) is 0 Å². The number of nitrogens with one attached hydrogen (secondary N) is 1. The summed E-state index contributed by atoms with van der Waals surface area (Å²) in [5.41, 5.74) is 7.04. The highest BCUT2D eigenvalue weighted by molar-refractivity contribution is 5.77. The Bertz CT molecular complexity index is 385. The van der Waals surface area contributed by atoms with Crippen molar-refractivity contribution in [1.29, 1.82) is 0 Å². The monoisotopic (exact) mass is 222 g/mol. The van der Waals surface area contributed by atoms with Crippen LogP contribution in [0.3, 0.4) is 0 Å². The minimum atomic E-state index is -0.105. The Morgan fingerprint density at radius 1 is 1.62 bits per heavy atom. The van der Waals surface area contributed by atoms with E-state index in [2.05, 4.69) is 28.7 Å². The molecule has 0 aliphatic carbocycles. The van der Waals surface area contributed by atoms with Crippen molar-refractivity contribution in [3.05, 3.63) is 18.2 Å². The fourth-order valence-corrected chi connectivity index (χ4v) is 2.10. The number of carbonyl (C=O) groups excluding carboxylic acids is 1. The number of nitrogens with two attached hydrogens (primary N) is 1. The molecule has 1 fully saturated rings. The van der Waals surface area contributed by atoms with Gasteiger partial charge in [0, 0.05) is 18.5 Å². The van der Waals surface area contributed by atoms with Gasteiger partial charge >= 0.3 is 0 Å². The predicted octanol–water partition coefficient (Wildman–Crippen LogP) is 0.742. The van der Waals surface area contributed by atoms with Crippen molar-refractivity contribution < 1.29 is 4.79 Å². The molecule has 16 heavy (non-hydrogen) atoms. The molecule has 0 aromatic carbocycles. The lowest BCUT2D eigenvalue weighted by molar-refractivity contribution is -0.123. The lowest BCUT2D eigenvalue weighted by atomic mass is 9.96. The highest BCUT2D eigenvalue weighted by Gasteiger charge is 2.29. The first-order valence-corrected chi connectivity index (χ1v) is 5.66. The van der Waals surface area contributed by atoms with E-state index in [0.29, 0.717) is 12.5 Å². The number of imidazole rings is 1. The Kier molecular flexibility index (Phi) is 2.96. The highest BCUT2D eigenvalue weighted by atomic mass is 16.1. The first-order valence-electron chi connectivity index (χ1n) is 5.66. The van der Waals surface area contributed by atoms with Crippen molar-refractivity contribution in [3.8, 4) is 0 Å². The maximum absolute atomic E-state index is 11.4. The van der Waals surface area contributed by atoms with Gasteiger partial charge in [-0.25, -0.2) is 4.98 Å². The van der Waals surface area contributed by atoms with E-state index in [-0.39, 0.29) is 18.0 Å². The SMILES string of the molecule is CC(C)n1cncc1C1NC(=O)CCC1N. The summed E-state index contributed by atoms with van der Waals surface area (Å²) in [6.07, 6.45) is 4.83. The van der Waals surface area contributed by atoms with Crippen LogP contribution in [0.1, 0.15) is 44.5 Å². The van der Waals surface area contributed by atoms with E-state index in [4.69, 9.17) is 5.73 Å². The summed E-state index contributed by atoms with van der Waals surface area (Å²) in [6, 6.07) is 0.196. The van der Waals surface area contributed by atoms with E-state index < -0.39 is 0 Å². The van der Waals surface area contributed by atoms with Crippen LogP contribution in [0.5, 0.6) is 0 Å². The number of hydrogen-bond acceptors (Lipinski definition) is 3. The number of amides is 1. The Morgan fingerprint density at radius 3 is 3.06 bits per heavy atom. The number of aromatic nitrogens is 2. The molecular weight excluding hydrogens is 204 g/mol. The largest absolute Gasteiger partial charge is 0.346 e. The van der Waals surface area contributed by atoms with Crippen LogP contribution >= 0.6 is 0 Å². The van der Waals surface area contributed by atoms with Crippen molar-refractivity contribution in [2.24, 2.45) is 5.73 Å². The molecule has 88 valence electrons. The summed E-state index contributed by atoms with van der Waals surface area (Å²) < 4.78 is 2.05. The summed E-state index contributed by atoms with van der Waals surface area (Å²) in [5.74, 6) is 0.0724. The van der Waals surface area contributed by atoms with Gasteiger partial charge in [0.15, 0.2) is 0 Å². The van der Waals surface area contributed by atoms with Crippen LogP contribution in [0.2, 0.25) is 0 Å². The molecule has 1 aromatic rings. The second-order valence-corrected chi connectivity index (χ2v) is 4.57. The number of rotatable bonds is 2. The molecule has 0 radical (unpaired) electrons. The van der Waals surface area contributed by atoms with Crippen molar-refractivity contribution in [1.82, 2.24) is 14.9 Å². The minimum Gasteiger partial charge on any atom is -0.346 e. The van der Waals surface area contributed by atoms with Crippen LogP contribution in [0, 0.1) is 0 Å². The lowest BCUT2D eigenvalue weighted by Crippen LogP contribution is -2.46. The Balaban J connectivity index is 2.27. The Labute approximate surface area is 95.0 Å². The van der Waals surface area contributed by atoms with Crippen LogP contribution in [0.15, 0.2) is 12.5 Å². The van der Waals surface area contributed by atoms with Crippen molar-refractivity contribution in [2.75, 3.05) is 0 Å². The highest BCUT2D eigenvalue weighted by Crippen LogP contribution is 2.24. The second kappa shape index (κ2) is 4.25. The van der Waals surface area contributed by atoms with Gasteiger partial charge < -0.3 is 15.6 Å². The van der Waals surface area contributed by atoms with E-state index in [1.54, 1.807) is 12.5 Å². The standard InChI is InChI=1S/C11H18N4O/c1-7(2)15-6-13-5-9(15)11-8(12)3-4-10(16)14-11/h5-8,11H,3-4,12H2,1-2H3,(H,14,16). The molecule has 2 atom stereocenters. The molecule has 2 rings (SSSR count). The smallest absolute Gasteiger partial charge is 0.220 e. The molecule has 3 N–H and O–H groups in total. The van der Waals surface area contributed by atoms with Crippen LogP contribution in [-0.2, 0) is 4.79 Å². The minimum absolute atomic E-state index is 0.0214. The molecule has 1 amide bonds. The van der Waals surface area contributed by atoms with Gasteiger partial charge in [0.2, 0.25) is 5.91 Å². The molecule has 5 nitrogen and oxygen atoms in total. The summed E-state index contributed by atoms with van der Waals surface area (Å²) in [6.45, 7) is 4.17. The zero-order valence-corrected chi connectivity index (χ0v) is 9.68. The number of carbonyl (C=O) groups is 1. The van der Waals surface area contributed by atoms with E-state index in [1.807, 2.05) is 0 Å². The summed E-state index contributed by atoms with van der Waals surface area (Å²) in [7, 11) is 0. The summed E-state index contributed by atoms with van der Waals surface area (Å²) in [5, 5.41) is 2.94. The zero-order chi connectivity index (χ0) is 11.7. The Hall–Kier alpha value is -1.36. The molecule has 2 unspecified atom stereocenters. The molecule has 0 saturated carbocycles. The molecular formula is C11H18N4O. The summed E-state index contributed by atoms with van der Waals surface area (Å²) in [4.78, 5) is 15.5.